The van der Waals surface area contributed by atoms with Gasteiger partial charge in [0, 0.05) is 24.7 Å². The quantitative estimate of drug-likeness (QED) is 0.179. The van der Waals surface area contributed by atoms with Crippen LogP contribution in [0.3, 0.4) is 0 Å². The van der Waals surface area contributed by atoms with Gasteiger partial charge in [-0.2, -0.15) is 0 Å². The van der Waals surface area contributed by atoms with Gasteiger partial charge < -0.3 is 28.4 Å². The molecule has 1 aromatic rings. The number of carbonyl (C=O) groups excluding carboxylic acids is 2. The molecule has 0 unspecified atom stereocenters. The first kappa shape index (κ1) is 32.3. The van der Waals surface area contributed by atoms with E-state index in [1.165, 1.54) is 0 Å². The Morgan fingerprint density at radius 3 is 1.56 bits per heavy atom. The van der Waals surface area contributed by atoms with Crippen molar-refractivity contribution in [3.63, 3.8) is 0 Å². The topological polar surface area (TPSA) is 120 Å². The number of hydrogen-bond donors (Lipinski definition) is 0. The van der Waals surface area contributed by atoms with Gasteiger partial charge >= 0.3 is 0 Å². The minimum Gasteiger partial charge on any atom is -0.379 e. The van der Waals surface area contributed by atoms with E-state index in [9.17, 15) is 9.59 Å². The molecule has 0 bridgehead atoms. The molecule has 0 amide bonds. The molecule has 0 aliphatic carbocycles. The summed E-state index contributed by atoms with van der Waals surface area (Å²) in [6.07, 6.45) is 2.72. The Labute approximate surface area is 215 Å². The fraction of sp³-hybridized carbons (Fsp3) is 0.840. The van der Waals surface area contributed by atoms with Gasteiger partial charge in [-0.25, -0.2) is 4.68 Å². The second-order valence-corrected chi connectivity index (χ2v) is 8.83. The zero-order valence-electron chi connectivity index (χ0n) is 22.4. The van der Waals surface area contributed by atoms with Crippen molar-refractivity contribution in [2.45, 2.75) is 53.7 Å². The van der Waals surface area contributed by atoms with E-state index in [4.69, 9.17) is 28.4 Å². The Kier molecular flexibility index (Phi) is 19.1. The Balaban J connectivity index is 1.88. The summed E-state index contributed by atoms with van der Waals surface area (Å²) in [6, 6.07) is 0. The van der Waals surface area contributed by atoms with Crippen LogP contribution >= 0.6 is 0 Å². The molecule has 0 saturated carbocycles. The van der Waals surface area contributed by atoms with Gasteiger partial charge in [0.1, 0.15) is 17.3 Å². The number of ether oxygens (including phenoxy) is 6. The van der Waals surface area contributed by atoms with Gasteiger partial charge in [0.05, 0.1) is 92.0 Å². The number of rotatable bonds is 25. The first-order valence-electron chi connectivity index (χ1n) is 12.8. The molecule has 0 radical (unpaired) electrons. The minimum atomic E-state index is 0.0546. The Morgan fingerprint density at radius 1 is 0.667 bits per heavy atom. The van der Waals surface area contributed by atoms with Crippen molar-refractivity contribution < 1.29 is 38.0 Å². The molecule has 0 N–H and O–H groups in total. The van der Waals surface area contributed by atoms with Gasteiger partial charge in [-0.05, 0) is 0 Å². The molecule has 36 heavy (non-hydrogen) atoms. The standard InChI is InChI=1S/C25H45N3O8/c1-21(2)24(29)5-8-31-11-14-34-16-13-33-10-7-28-19-23(26-27-28)20-36-18-17-35-15-12-32-9-6-25(30)22(3)4/h19,21-22H,5-18,20H2,1-4H3. The highest BCUT2D eigenvalue weighted by atomic mass is 16.5. The molecule has 11 heteroatoms. The maximum atomic E-state index is 11.5. The van der Waals surface area contributed by atoms with Crippen molar-refractivity contribution in [1.29, 1.82) is 0 Å². The summed E-state index contributed by atoms with van der Waals surface area (Å²) in [4.78, 5) is 22.9. The van der Waals surface area contributed by atoms with Crippen LogP contribution in [0.5, 0.6) is 0 Å². The highest BCUT2D eigenvalue weighted by Gasteiger charge is 2.07. The summed E-state index contributed by atoms with van der Waals surface area (Å²) in [5.74, 6) is 0.540. The fourth-order valence-corrected chi connectivity index (χ4v) is 2.75. The van der Waals surface area contributed by atoms with Crippen LogP contribution in [-0.4, -0.2) is 99.2 Å². The zero-order chi connectivity index (χ0) is 26.4. The van der Waals surface area contributed by atoms with Crippen LogP contribution in [0.1, 0.15) is 46.2 Å². The number of hydrogen-bond acceptors (Lipinski definition) is 10. The molecule has 1 aromatic heterocycles. The minimum absolute atomic E-state index is 0.0546. The lowest BCUT2D eigenvalue weighted by atomic mass is 10.1. The molecule has 0 fully saturated rings. The first-order valence-corrected chi connectivity index (χ1v) is 12.8. The van der Waals surface area contributed by atoms with Crippen LogP contribution in [0, 0.1) is 11.8 Å². The summed E-state index contributed by atoms with van der Waals surface area (Å²) >= 11 is 0. The number of ketones is 2. The summed E-state index contributed by atoms with van der Waals surface area (Å²) in [5, 5.41) is 8.14. The third-order valence-electron chi connectivity index (χ3n) is 5.06. The van der Waals surface area contributed by atoms with Gasteiger partial charge in [0.2, 0.25) is 0 Å². The number of aromatic nitrogens is 3. The van der Waals surface area contributed by atoms with Crippen molar-refractivity contribution in [2.75, 3.05) is 72.7 Å². The van der Waals surface area contributed by atoms with Crippen molar-refractivity contribution in [2.24, 2.45) is 11.8 Å². The molecule has 0 saturated heterocycles. The van der Waals surface area contributed by atoms with E-state index >= 15 is 0 Å². The van der Waals surface area contributed by atoms with E-state index in [2.05, 4.69) is 10.3 Å². The molecule has 0 spiro atoms. The van der Waals surface area contributed by atoms with Crippen LogP contribution in [0.25, 0.3) is 0 Å². The highest BCUT2D eigenvalue weighted by molar-refractivity contribution is 5.80. The molecule has 1 heterocycles. The fourth-order valence-electron chi connectivity index (χ4n) is 2.75. The summed E-state index contributed by atoms with van der Waals surface area (Å²) in [7, 11) is 0. The molecule has 0 aliphatic heterocycles. The van der Waals surface area contributed by atoms with Crippen LogP contribution < -0.4 is 0 Å². The monoisotopic (exact) mass is 515 g/mol. The lowest BCUT2D eigenvalue weighted by Crippen LogP contribution is -2.14. The lowest BCUT2D eigenvalue weighted by Gasteiger charge is -2.07. The predicted octanol–water partition coefficient (Wildman–Crippen LogP) is 2.11. The SMILES string of the molecule is CC(C)C(=O)CCOCCOCCOCCn1cc(COCCOCCOCCC(=O)C(C)C)nn1. The zero-order valence-corrected chi connectivity index (χ0v) is 22.4. The highest BCUT2D eigenvalue weighted by Crippen LogP contribution is 2.00. The second kappa shape index (κ2) is 21.3. The Hall–Kier alpha value is -1.76. The van der Waals surface area contributed by atoms with Crippen molar-refractivity contribution in [3.05, 3.63) is 11.9 Å². The average molecular weight is 516 g/mol. The smallest absolute Gasteiger partial charge is 0.137 e. The van der Waals surface area contributed by atoms with E-state index < -0.39 is 0 Å². The molecule has 0 aromatic carbocycles. The molecule has 208 valence electrons. The van der Waals surface area contributed by atoms with E-state index in [0.717, 1.165) is 5.69 Å². The maximum Gasteiger partial charge on any atom is 0.137 e. The Bertz CT molecular complexity index is 697. The largest absolute Gasteiger partial charge is 0.379 e. The van der Waals surface area contributed by atoms with Crippen LogP contribution in [0.15, 0.2) is 6.20 Å². The summed E-state index contributed by atoms with van der Waals surface area (Å²) < 4.78 is 34.4. The molecular formula is C25H45N3O8. The first-order chi connectivity index (χ1) is 17.4. The summed E-state index contributed by atoms with van der Waals surface area (Å²) in [6.45, 7) is 13.6. The van der Waals surface area contributed by atoms with Crippen molar-refractivity contribution >= 4 is 11.6 Å². The van der Waals surface area contributed by atoms with Gasteiger partial charge in [0.25, 0.3) is 0 Å². The predicted molar refractivity (Wildman–Crippen MR) is 133 cm³/mol. The number of Topliss-reactive ketones (excluding diaryl/α,β-unsaturated/α-hetero) is 2. The number of nitrogens with zero attached hydrogens (tertiary/aromatic N) is 3. The van der Waals surface area contributed by atoms with Crippen molar-refractivity contribution in [3.8, 4) is 0 Å². The van der Waals surface area contributed by atoms with Gasteiger partial charge in [-0.1, -0.05) is 32.9 Å². The van der Waals surface area contributed by atoms with E-state index in [1.807, 2.05) is 33.9 Å². The lowest BCUT2D eigenvalue weighted by molar-refractivity contribution is -0.123. The molecule has 1 rings (SSSR count). The normalized spacial score (nSPS) is 11.6. The van der Waals surface area contributed by atoms with E-state index in [0.29, 0.717) is 98.7 Å². The third kappa shape index (κ3) is 17.6. The van der Waals surface area contributed by atoms with Gasteiger partial charge in [0.15, 0.2) is 0 Å². The number of carbonyl (C=O) groups is 2. The summed E-state index contributed by atoms with van der Waals surface area (Å²) in [5.41, 5.74) is 0.742. The Morgan fingerprint density at radius 2 is 1.08 bits per heavy atom. The van der Waals surface area contributed by atoms with Crippen LogP contribution in [0.4, 0.5) is 0 Å². The molecule has 11 nitrogen and oxygen atoms in total. The third-order valence-corrected chi connectivity index (χ3v) is 5.06. The van der Waals surface area contributed by atoms with Gasteiger partial charge in [-0.3, -0.25) is 9.59 Å². The maximum absolute atomic E-state index is 11.5. The van der Waals surface area contributed by atoms with E-state index in [-0.39, 0.29) is 23.4 Å². The van der Waals surface area contributed by atoms with E-state index in [1.54, 1.807) is 4.68 Å². The average Bonchev–Trinajstić information content (AvgIpc) is 3.30. The van der Waals surface area contributed by atoms with Crippen LogP contribution in [-0.2, 0) is 51.2 Å². The molecular weight excluding hydrogens is 470 g/mol. The second-order valence-electron chi connectivity index (χ2n) is 8.83. The molecule has 0 aliphatic rings. The van der Waals surface area contributed by atoms with Gasteiger partial charge in [-0.15, -0.1) is 5.10 Å². The van der Waals surface area contributed by atoms with Crippen molar-refractivity contribution in [1.82, 2.24) is 15.0 Å². The molecule has 0 atom stereocenters. The van der Waals surface area contributed by atoms with Crippen LogP contribution in [0.2, 0.25) is 0 Å².